The molecule has 0 bridgehead atoms. The fourth-order valence-electron chi connectivity index (χ4n) is 8.11. The Morgan fingerprint density at radius 2 is 1.15 bits per heavy atom. The molecule has 2 aromatic carbocycles. The van der Waals surface area contributed by atoms with E-state index in [0.717, 1.165) is 20.1 Å². The number of benzene rings is 2. The molecule has 4 aliphatic rings. The number of aliphatic hydroxyl groups excluding tert-OH is 10. The molecule has 4 saturated heterocycles. The van der Waals surface area contributed by atoms with Crippen LogP contribution in [0.1, 0.15) is 13.8 Å². The fraction of sp³-hybridized carbons (Fsp3) is 0.610. The highest BCUT2D eigenvalue weighted by molar-refractivity contribution is 7.92. The fourth-order valence-corrected chi connectivity index (χ4v) is 8.68. The second-order valence-electron chi connectivity index (χ2n) is 16.8. The molecule has 0 aliphatic carbocycles. The van der Waals surface area contributed by atoms with Gasteiger partial charge in [-0.25, -0.2) is 13.2 Å². The van der Waals surface area contributed by atoms with E-state index in [1.165, 1.54) is 30.3 Å². The summed E-state index contributed by atoms with van der Waals surface area (Å²) in [6, 6.07) is 8.10. The largest absolute Gasteiger partial charge is 0.479 e. The van der Waals surface area contributed by atoms with Crippen LogP contribution < -0.4 is 25.4 Å². The second kappa shape index (κ2) is 23.4. The summed E-state index contributed by atoms with van der Waals surface area (Å²) in [5.41, 5.74) is -0.227. The second-order valence-corrected chi connectivity index (χ2v) is 18.6. The number of rotatable bonds is 17. The molecule has 29 nitrogen and oxygen atoms in total. The lowest BCUT2D eigenvalue weighted by molar-refractivity contribution is -0.367. The monoisotopic (exact) mass is 1040 g/mol. The number of hydrogen-bond acceptors (Lipinski definition) is 24. The molecule has 30 heteroatoms. The zero-order valence-corrected chi connectivity index (χ0v) is 38.4. The highest BCUT2D eigenvalue weighted by atomic mass is 32.2. The van der Waals surface area contributed by atoms with Crippen molar-refractivity contribution >= 4 is 45.1 Å². The number of carbonyl (C=O) groups excluding carboxylic acids is 3. The number of para-hydroxylation sites is 1. The molecule has 4 fully saturated rings. The summed E-state index contributed by atoms with van der Waals surface area (Å²) in [6.07, 6.45) is -36.6. The van der Waals surface area contributed by atoms with Gasteiger partial charge in [-0.15, -0.1) is 0 Å². The maximum atomic E-state index is 14.6. The first kappa shape index (κ1) is 55.5. The van der Waals surface area contributed by atoms with Gasteiger partial charge >= 0.3 is 5.97 Å². The van der Waals surface area contributed by atoms with E-state index in [1.54, 1.807) is 18.2 Å². The Morgan fingerprint density at radius 3 is 1.72 bits per heavy atom. The van der Waals surface area contributed by atoms with Gasteiger partial charge in [0.2, 0.25) is 21.8 Å². The van der Waals surface area contributed by atoms with Gasteiger partial charge in [0, 0.05) is 25.6 Å². The van der Waals surface area contributed by atoms with Gasteiger partial charge in [0.25, 0.3) is 5.91 Å². The zero-order chi connectivity index (χ0) is 52.2. The molecule has 4 heterocycles. The van der Waals surface area contributed by atoms with Crippen LogP contribution >= 0.6 is 0 Å². The maximum Gasteiger partial charge on any atom is 0.335 e. The van der Waals surface area contributed by atoms with Gasteiger partial charge in [-0.2, -0.15) is 0 Å². The summed E-state index contributed by atoms with van der Waals surface area (Å²) in [6.45, 7) is 0.0366. The number of anilines is 2. The molecule has 15 N–H and O–H groups in total. The van der Waals surface area contributed by atoms with Crippen LogP contribution in [-0.4, -0.2) is 230 Å². The summed E-state index contributed by atoms with van der Waals surface area (Å²) < 4.78 is 72.6. The SMILES string of the molecule is CC(=O)NC1C(O)OC(CO)C(O)C1OC1OC(C(=O)Nc2ccc(NS(C)(=O)=O)c(Oc3ccccc3)c2)C(OC2OC(CO)C(O)C(OC3OC(C(=O)O)C(O)C(O)C3O)C2NC(C)=O)C(O)C1O. The molecular weight excluding hydrogens is 981 g/mol. The number of hydrogen-bond donors (Lipinski definition) is 15. The average Bonchev–Trinajstić information content (AvgIpc) is 3.30. The first-order valence-electron chi connectivity index (χ1n) is 21.6. The van der Waals surface area contributed by atoms with Gasteiger partial charge in [-0.05, 0) is 24.3 Å². The Hall–Kier alpha value is -4.81. The van der Waals surface area contributed by atoms with Gasteiger partial charge in [0.05, 0.1) is 25.2 Å². The van der Waals surface area contributed by atoms with E-state index in [9.17, 15) is 83.8 Å². The van der Waals surface area contributed by atoms with E-state index in [4.69, 9.17) is 37.9 Å². The molecule has 0 saturated carbocycles. The third kappa shape index (κ3) is 13.1. The number of carboxylic acid groups (broad SMARTS) is 1. The van der Waals surface area contributed by atoms with Crippen LogP contribution in [0.4, 0.5) is 11.4 Å². The van der Waals surface area contributed by atoms with E-state index in [0.29, 0.717) is 0 Å². The standard InChI is InChI=1S/C41H56N4O25S/c1-14(48)42-22-31(24(50)20(12-46)64-38(22)60)66-41-30(56)28(54)33(35(70-41)36(57)44-16-9-10-18(45-71(3,61)62)19(11-16)63-17-7-5-4-6-8-17)68-39-23(43-15(2)49)32(25(51)21(13-47)65-39)67-40-29(55)26(52)27(53)34(69-40)37(58)59/h4-11,20-35,38-41,45-47,50-56,60H,12-13H2,1-3H3,(H,42,48)(H,43,49)(H,44,57)(H,58,59). The number of amides is 3. The van der Waals surface area contributed by atoms with Gasteiger partial charge < -0.3 is 110 Å². The number of aliphatic hydroxyl groups is 10. The molecule has 2 aromatic rings. The van der Waals surface area contributed by atoms with Crippen molar-refractivity contribution < 1.29 is 122 Å². The smallest absolute Gasteiger partial charge is 0.335 e. The summed E-state index contributed by atoms with van der Waals surface area (Å²) >= 11 is 0. The van der Waals surface area contributed by atoms with E-state index in [2.05, 4.69) is 20.7 Å². The van der Waals surface area contributed by atoms with Crippen molar-refractivity contribution in [2.24, 2.45) is 0 Å². The van der Waals surface area contributed by atoms with Crippen molar-refractivity contribution in [2.75, 3.05) is 29.5 Å². The van der Waals surface area contributed by atoms with E-state index < -0.39 is 170 Å². The molecule has 396 valence electrons. The quantitative estimate of drug-likeness (QED) is 0.0700. The lowest BCUT2D eigenvalue weighted by Gasteiger charge is -2.50. The number of carboxylic acids is 1. The topological polar surface area (TPSA) is 447 Å². The summed E-state index contributed by atoms with van der Waals surface area (Å²) in [5, 5.41) is 125. The van der Waals surface area contributed by atoms with Gasteiger partial charge in [0.1, 0.15) is 91.1 Å². The number of ether oxygens (including phenoxy) is 8. The third-order valence-corrected chi connectivity index (χ3v) is 12.1. The molecule has 3 amide bonds. The normalized spacial score (nSPS) is 37.5. The number of aliphatic carboxylic acids is 1. The maximum absolute atomic E-state index is 14.6. The molecule has 6 rings (SSSR count). The van der Waals surface area contributed by atoms with Crippen LogP contribution in [0, 0.1) is 0 Å². The van der Waals surface area contributed by atoms with E-state index in [-0.39, 0.29) is 22.9 Å². The van der Waals surface area contributed by atoms with Crippen molar-refractivity contribution in [3.8, 4) is 11.5 Å². The van der Waals surface area contributed by atoms with Gasteiger partial charge in [-0.1, -0.05) is 18.2 Å². The summed E-state index contributed by atoms with van der Waals surface area (Å²) in [7, 11) is -3.91. The highest BCUT2D eigenvalue weighted by Gasteiger charge is 2.57. The van der Waals surface area contributed by atoms with Crippen LogP contribution in [0.3, 0.4) is 0 Å². The molecule has 20 unspecified atom stereocenters. The molecule has 4 aliphatic heterocycles. The molecule has 0 radical (unpaired) electrons. The molecule has 0 aromatic heterocycles. The van der Waals surface area contributed by atoms with E-state index >= 15 is 0 Å². The first-order chi connectivity index (χ1) is 33.4. The third-order valence-electron chi connectivity index (χ3n) is 11.5. The predicted molar refractivity (Wildman–Crippen MR) is 231 cm³/mol. The zero-order valence-electron chi connectivity index (χ0n) is 37.6. The van der Waals surface area contributed by atoms with Crippen LogP contribution in [0.2, 0.25) is 0 Å². The molecule has 71 heavy (non-hydrogen) atoms. The average molecular weight is 1040 g/mol. The van der Waals surface area contributed by atoms with Crippen molar-refractivity contribution in [1.82, 2.24) is 10.6 Å². The minimum atomic E-state index is -3.91. The lowest BCUT2D eigenvalue weighted by atomic mass is 9.93. The summed E-state index contributed by atoms with van der Waals surface area (Å²) in [4.78, 5) is 51.4. The van der Waals surface area contributed by atoms with Crippen LogP contribution in [0.15, 0.2) is 48.5 Å². The first-order valence-corrected chi connectivity index (χ1v) is 23.5. The van der Waals surface area contributed by atoms with E-state index in [1.807, 2.05) is 0 Å². The number of sulfonamides is 1. The Morgan fingerprint density at radius 1 is 0.620 bits per heavy atom. The molecule has 20 atom stereocenters. The van der Waals surface area contributed by atoms with Crippen LogP contribution in [0.25, 0.3) is 0 Å². The lowest BCUT2D eigenvalue weighted by Crippen LogP contribution is -2.71. The summed E-state index contributed by atoms with van der Waals surface area (Å²) in [5.74, 6) is -4.67. The highest BCUT2D eigenvalue weighted by Crippen LogP contribution is 2.37. The van der Waals surface area contributed by atoms with Crippen LogP contribution in [0.5, 0.6) is 11.5 Å². The van der Waals surface area contributed by atoms with Crippen molar-refractivity contribution in [1.29, 1.82) is 0 Å². The molecule has 0 spiro atoms. The van der Waals surface area contributed by atoms with Gasteiger partial charge in [0.15, 0.2) is 43.1 Å². The Balaban J connectivity index is 1.38. The van der Waals surface area contributed by atoms with Gasteiger partial charge in [-0.3, -0.25) is 19.1 Å². The predicted octanol–water partition coefficient (Wildman–Crippen LogP) is -6.56. The van der Waals surface area contributed by atoms with Crippen molar-refractivity contribution in [3.05, 3.63) is 48.5 Å². The van der Waals surface area contributed by atoms with Crippen molar-refractivity contribution in [3.63, 3.8) is 0 Å². The Bertz CT molecular complexity index is 2290. The minimum absolute atomic E-state index is 0.0882. The number of nitrogens with one attached hydrogen (secondary N) is 4. The van der Waals surface area contributed by atoms with Crippen molar-refractivity contribution in [2.45, 2.75) is 137 Å². The minimum Gasteiger partial charge on any atom is -0.479 e. The number of carbonyl (C=O) groups is 4. The van der Waals surface area contributed by atoms with Crippen LogP contribution in [-0.2, 0) is 62.4 Å². The Labute approximate surface area is 402 Å². The molecular formula is C41H56N4O25S. The Kier molecular flexibility index (Phi) is 18.3.